The van der Waals surface area contributed by atoms with Crippen LogP contribution in [0.4, 0.5) is 0 Å². The van der Waals surface area contributed by atoms with Crippen LogP contribution in [0, 0.1) is 0 Å². The van der Waals surface area contributed by atoms with Crippen LogP contribution >= 0.6 is 0 Å². The van der Waals surface area contributed by atoms with Gasteiger partial charge >= 0.3 is 0 Å². The Morgan fingerprint density at radius 1 is 0.818 bits per heavy atom. The molecule has 3 aromatic carbocycles. The molecule has 0 aromatic heterocycles. The molecule has 0 atom stereocenters. The van der Waals surface area contributed by atoms with Crippen molar-refractivity contribution < 1.29 is 0 Å². The Morgan fingerprint density at radius 3 is 2.41 bits per heavy atom. The highest BCUT2D eigenvalue weighted by molar-refractivity contribution is 5.85. The molecule has 1 nitrogen and oxygen atoms in total. The Labute approximate surface area is 132 Å². The van der Waals surface area contributed by atoms with Crippen molar-refractivity contribution in [3.63, 3.8) is 0 Å². The van der Waals surface area contributed by atoms with Crippen LogP contribution in [0.2, 0.25) is 0 Å². The van der Waals surface area contributed by atoms with Crippen LogP contribution < -0.4 is 0 Å². The predicted octanol–water partition coefficient (Wildman–Crippen LogP) is 4.99. The van der Waals surface area contributed by atoms with Gasteiger partial charge in [0.05, 0.1) is 0 Å². The number of likely N-dealkylation sites (N-methyl/N-ethyl adjacent to an activating group) is 1. The van der Waals surface area contributed by atoms with E-state index in [2.05, 4.69) is 90.8 Å². The zero-order valence-electron chi connectivity index (χ0n) is 12.9. The number of benzene rings is 3. The lowest BCUT2D eigenvalue weighted by atomic mass is 10.0. The van der Waals surface area contributed by atoms with Crippen LogP contribution in [0.1, 0.15) is 11.1 Å². The summed E-state index contributed by atoms with van der Waals surface area (Å²) in [5.74, 6) is 0. The maximum absolute atomic E-state index is 2.33. The minimum Gasteiger partial charge on any atom is -0.298 e. The maximum Gasteiger partial charge on any atom is 0.0240 e. The average molecular weight is 287 g/mol. The van der Waals surface area contributed by atoms with Crippen LogP contribution in [0.15, 0.2) is 78.9 Å². The van der Waals surface area contributed by atoms with E-state index in [1.54, 1.807) is 0 Å². The van der Waals surface area contributed by atoms with Crippen LogP contribution in [0.25, 0.3) is 16.8 Å². The lowest BCUT2D eigenvalue weighted by Crippen LogP contribution is -2.17. The highest BCUT2D eigenvalue weighted by atomic mass is 15.1. The number of hydrogen-bond donors (Lipinski definition) is 0. The van der Waals surface area contributed by atoms with E-state index >= 15 is 0 Å². The first-order valence-corrected chi connectivity index (χ1v) is 7.70. The second kappa shape index (κ2) is 7.06. The second-order valence-electron chi connectivity index (χ2n) is 5.65. The van der Waals surface area contributed by atoms with Gasteiger partial charge in [-0.25, -0.2) is 0 Å². The predicted molar refractivity (Wildman–Crippen MR) is 95.8 cm³/mol. The van der Waals surface area contributed by atoms with Crippen molar-refractivity contribution in [2.75, 3.05) is 13.6 Å². The van der Waals surface area contributed by atoms with Gasteiger partial charge in [-0.3, -0.25) is 4.90 Å². The fraction of sp³-hybridized carbons (Fsp3) is 0.143. The molecular weight excluding hydrogens is 266 g/mol. The Kier molecular flexibility index (Phi) is 4.67. The molecule has 0 N–H and O–H groups in total. The highest BCUT2D eigenvalue weighted by Gasteiger charge is 2.03. The zero-order chi connectivity index (χ0) is 15.2. The standard InChI is InChI=1S/C21H21N/c1-22(16-8-11-18-9-3-2-4-10-18)17-20-14-7-13-19-12-5-6-15-21(19)20/h2-15H,16-17H2,1H3/b11-8-. The van der Waals surface area contributed by atoms with Crippen LogP contribution in [-0.4, -0.2) is 18.5 Å². The van der Waals surface area contributed by atoms with Gasteiger partial charge in [-0.15, -0.1) is 0 Å². The Morgan fingerprint density at radius 2 is 1.55 bits per heavy atom. The van der Waals surface area contributed by atoms with Crippen molar-refractivity contribution in [1.82, 2.24) is 4.90 Å². The quantitative estimate of drug-likeness (QED) is 0.639. The summed E-state index contributed by atoms with van der Waals surface area (Å²) in [7, 11) is 2.16. The first kappa shape index (κ1) is 14.6. The van der Waals surface area contributed by atoms with E-state index in [4.69, 9.17) is 0 Å². The maximum atomic E-state index is 2.33. The first-order valence-electron chi connectivity index (χ1n) is 7.70. The van der Waals surface area contributed by atoms with Gasteiger partial charge < -0.3 is 0 Å². The summed E-state index contributed by atoms with van der Waals surface area (Å²) in [5.41, 5.74) is 2.63. The number of nitrogens with zero attached hydrogens (tertiary/aromatic N) is 1. The SMILES string of the molecule is CN(C/C=C\c1ccccc1)Cc1cccc2ccccc12. The van der Waals surface area contributed by atoms with Gasteiger partial charge in [0.25, 0.3) is 0 Å². The molecule has 0 aliphatic rings. The minimum atomic E-state index is 0.943. The van der Waals surface area contributed by atoms with E-state index in [1.165, 1.54) is 21.9 Å². The van der Waals surface area contributed by atoms with E-state index in [9.17, 15) is 0 Å². The third kappa shape index (κ3) is 3.63. The fourth-order valence-electron chi connectivity index (χ4n) is 2.72. The van der Waals surface area contributed by atoms with E-state index < -0.39 is 0 Å². The molecule has 0 fully saturated rings. The zero-order valence-corrected chi connectivity index (χ0v) is 12.9. The van der Waals surface area contributed by atoms with Crippen molar-refractivity contribution in [3.05, 3.63) is 90.0 Å². The number of rotatable bonds is 5. The fourth-order valence-corrected chi connectivity index (χ4v) is 2.72. The van der Waals surface area contributed by atoms with Crippen LogP contribution in [-0.2, 0) is 6.54 Å². The van der Waals surface area contributed by atoms with Crippen LogP contribution in [0.3, 0.4) is 0 Å². The minimum absolute atomic E-state index is 0.943. The molecule has 0 bridgehead atoms. The summed E-state index contributed by atoms with van der Waals surface area (Å²) >= 11 is 0. The summed E-state index contributed by atoms with van der Waals surface area (Å²) in [4.78, 5) is 2.33. The van der Waals surface area contributed by atoms with Gasteiger partial charge in [0.15, 0.2) is 0 Å². The Bertz CT molecular complexity index is 754. The summed E-state index contributed by atoms with van der Waals surface area (Å²) < 4.78 is 0. The Balaban J connectivity index is 1.66. The van der Waals surface area contributed by atoms with E-state index in [1.807, 2.05) is 6.07 Å². The van der Waals surface area contributed by atoms with Crippen molar-refractivity contribution in [2.24, 2.45) is 0 Å². The van der Waals surface area contributed by atoms with Gasteiger partial charge in [-0.2, -0.15) is 0 Å². The molecular formula is C21H21N. The molecule has 0 amide bonds. The number of fused-ring (bicyclic) bond motifs is 1. The summed E-state index contributed by atoms with van der Waals surface area (Å²) in [6.45, 7) is 1.90. The molecule has 3 rings (SSSR count). The van der Waals surface area contributed by atoms with Gasteiger partial charge in [-0.1, -0.05) is 84.9 Å². The monoisotopic (exact) mass is 287 g/mol. The van der Waals surface area contributed by atoms with Crippen molar-refractivity contribution >= 4 is 16.8 Å². The van der Waals surface area contributed by atoms with Crippen molar-refractivity contribution in [3.8, 4) is 0 Å². The molecule has 1 heteroatoms. The normalized spacial score (nSPS) is 11.5. The third-order valence-corrected chi connectivity index (χ3v) is 3.85. The second-order valence-corrected chi connectivity index (χ2v) is 5.65. The Hall–Kier alpha value is -2.38. The molecule has 0 saturated carbocycles. The topological polar surface area (TPSA) is 3.24 Å². The molecule has 110 valence electrons. The van der Waals surface area contributed by atoms with Gasteiger partial charge in [0.1, 0.15) is 0 Å². The van der Waals surface area contributed by atoms with Gasteiger partial charge in [0, 0.05) is 13.1 Å². The van der Waals surface area contributed by atoms with Gasteiger partial charge in [0.2, 0.25) is 0 Å². The first-order chi connectivity index (χ1) is 10.8. The highest BCUT2D eigenvalue weighted by Crippen LogP contribution is 2.19. The molecule has 0 aliphatic heterocycles. The largest absolute Gasteiger partial charge is 0.298 e. The third-order valence-electron chi connectivity index (χ3n) is 3.85. The molecule has 3 aromatic rings. The molecule has 0 spiro atoms. The number of hydrogen-bond acceptors (Lipinski definition) is 1. The van der Waals surface area contributed by atoms with E-state index in [0.29, 0.717) is 0 Å². The lowest BCUT2D eigenvalue weighted by molar-refractivity contribution is 0.365. The smallest absolute Gasteiger partial charge is 0.0240 e. The lowest BCUT2D eigenvalue weighted by Gasteiger charge is -2.16. The molecule has 22 heavy (non-hydrogen) atoms. The summed E-state index contributed by atoms with van der Waals surface area (Å²) in [5, 5.41) is 2.66. The summed E-state index contributed by atoms with van der Waals surface area (Å²) in [6.07, 6.45) is 4.40. The van der Waals surface area contributed by atoms with Crippen molar-refractivity contribution in [1.29, 1.82) is 0 Å². The van der Waals surface area contributed by atoms with Crippen molar-refractivity contribution in [2.45, 2.75) is 6.54 Å². The summed E-state index contributed by atoms with van der Waals surface area (Å²) in [6, 6.07) is 25.6. The molecule has 0 heterocycles. The van der Waals surface area contributed by atoms with Gasteiger partial charge in [-0.05, 0) is 28.9 Å². The van der Waals surface area contributed by atoms with E-state index in [-0.39, 0.29) is 0 Å². The molecule has 0 saturated heterocycles. The van der Waals surface area contributed by atoms with E-state index in [0.717, 1.165) is 13.1 Å². The van der Waals surface area contributed by atoms with Crippen LogP contribution in [0.5, 0.6) is 0 Å². The molecule has 0 unspecified atom stereocenters. The molecule has 0 radical (unpaired) electrons. The molecule has 0 aliphatic carbocycles. The average Bonchev–Trinajstić information content (AvgIpc) is 2.56.